The maximum atomic E-state index is 12.2. The van der Waals surface area contributed by atoms with Crippen molar-refractivity contribution in [2.75, 3.05) is 29.9 Å². The first kappa shape index (κ1) is 20.3. The lowest BCUT2D eigenvalue weighted by atomic mass is 10.0. The fraction of sp³-hybridized carbons (Fsp3) is 0.417. The van der Waals surface area contributed by atoms with Crippen molar-refractivity contribution in [1.82, 2.24) is 4.90 Å². The molecule has 2 aliphatic heterocycles. The topological polar surface area (TPSA) is 78.7 Å². The van der Waals surface area contributed by atoms with Gasteiger partial charge in [-0.05, 0) is 73.9 Å². The lowest BCUT2D eigenvalue weighted by Crippen LogP contribution is -2.40. The van der Waals surface area contributed by atoms with E-state index in [1.165, 1.54) is 11.1 Å². The summed E-state index contributed by atoms with van der Waals surface area (Å²) in [7, 11) is 0. The van der Waals surface area contributed by atoms with Crippen molar-refractivity contribution >= 4 is 23.3 Å². The van der Waals surface area contributed by atoms with Crippen LogP contribution < -0.4 is 16.0 Å². The molecule has 4 rings (SSSR count). The van der Waals surface area contributed by atoms with Gasteiger partial charge in [0.25, 0.3) is 0 Å². The first-order valence-corrected chi connectivity index (χ1v) is 10.9. The first-order chi connectivity index (χ1) is 14.6. The molecule has 158 valence electrons. The minimum atomic E-state index is -0.239. The van der Waals surface area contributed by atoms with Crippen LogP contribution in [0.5, 0.6) is 0 Å². The average molecular weight is 407 g/mol. The van der Waals surface area contributed by atoms with Crippen molar-refractivity contribution in [2.24, 2.45) is 5.73 Å². The van der Waals surface area contributed by atoms with E-state index in [0.29, 0.717) is 0 Å². The van der Waals surface area contributed by atoms with Gasteiger partial charge in [0.2, 0.25) is 5.91 Å². The number of carbonyl (C=O) groups is 2. The fourth-order valence-corrected chi connectivity index (χ4v) is 4.39. The molecule has 0 aromatic heterocycles. The van der Waals surface area contributed by atoms with Gasteiger partial charge in [-0.1, -0.05) is 24.3 Å². The van der Waals surface area contributed by atoms with Crippen LogP contribution in [0.3, 0.4) is 0 Å². The summed E-state index contributed by atoms with van der Waals surface area (Å²) in [6.45, 7) is 2.58. The van der Waals surface area contributed by atoms with Gasteiger partial charge in [0.05, 0.1) is 0 Å². The Hall–Kier alpha value is -3.02. The van der Waals surface area contributed by atoms with Crippen molar-refractivity contribution in [3.05, 3.63) is 59.7 Å². The van der Waals surface area contributed by atoms with Gasteiger partial charge >= 0.3 is 6.03 Å². The Labute approximate surface area is 178 Å². The molecular formula is C24H30N4O2. The van der Waals surface area contributed by atoms with Crippen LogP contribution in [0.4, 0.5) is 16.2 Å². The van der Waals surface area contributed by atoms with E-state index in [1.54, 1.807) is 0 Å². The van der Waals surface area contributed by atoms with Gasteiger partial charge in [-0.2, -0.15) is 0 Å². The molecule has 2 aliphatic rings. The minimum Gasteiger partial charge on any atom is -0.368 e. The normalized spacial score (nSPS) is 18.6. The third kappa shape index (κ3) is 4.75. The molecule has 2 fully saturated rings. The summed E-state index contributed by atoms with van der Waals surface area (Å²) < 4.78 is 0. The van der Waals surface area contributed by atoms with E-state index in [9.17, 15) is 9.59 Å². The molecule has 1 unspecified atom stereocenters. The number of rotatable bonds is 6. The number of amides is 3. The molecule has 6 heteroatoms. The molecule has 2 heterocycles. The molecule has 0 spiro atoms. The highest BCUT2D eigenvalue weighted by atomic mass is 16.2. The van der Waals surface area contributed by atoms with Crippen LogP contribution in [-0.2, 0) is 17.6 Å². The number of likely N-dealkylation sites (tertiary alicyclic amines) is 1. The van der Waals surface area contributed by atoms with Crippen LogP contribution in [0.25, 0.3) is 0 Å². The van der Waals surface area contributed by atoms with Crippen LogP contribution in [0.15, 0.2) is 48.5 Å². The zero-order chi connectivity index (χ0) is 20.9. The van der Waals surface area contributed by atoms with E-state index >= 15 is 0 Å². The monoisotopic (exact) mass is 406 g/mol. The van der Waals surface area contributed by atoms with E-state index < -0.39 is 0 Å². The molecule has 0 bridgehead atoms. The third-order valence-electron chi connectivity index (χ3n) is 6.15. The minimum absolute atomic E-state index is 0.00285. The van der Waals surface area contributed by atoms with Gasteiger partial charge in [0, 0.05) is 31.0 Å². The fourth-order valence-electron chi connectivity index (χ4n) is 4.39. The second kappa shape index (κ2) is 9.20. The van der Waals surface area contributed by atoms with Crippen molar-refractivity contribution in [3.63, 3.8) is 0 Å². The highest BCUT2D eigenvalue weighted by molar-refractivity contribution is 5.89. The van der Waals surface area contributed by atoms with Crippen LogP contribution in [0.1, 0.15) is 36.8 Å². The van der Waals surface area contributed by atoms with Gasteiger partial charge in [-0.3, -0.25) is 4.79 Å². The number of carbonyl (C=O) groups excluding carboxylic acids is 2. The number of anilines is 2. The largest absolute Gasteiger partial charge is 0.368 e. The molecule has 3 N–H and O–H groups in total. The maximum Gasteiger partial charge on any atom is 0.321 e. The van der Waals surface area contributed by atoms with Gasteiger partial charge in [0.15, 0.2) is 0 Å². The number of hydrogen-bond donors (Lipinski definition) is 2. The number of primary amides is 1. The summed E-state index contributed by atoms with van der Waals surface area (Å²) in [6.07, 6.45) is 5.91. The number of aryl methyl sites for hydroxylation is 2. The van der Waals surface area contributed by atoms with Crippen LogP contribution >= 0.6 is 0 Å². The summed E-state index contributed by atoms with van der Waals surface area (Å²) in [4.78, 5) is 27.8. The summed E-state index contributed by atoms with van der Waals surface area (Å²) in [5.41, 5.74) is 9.95. The van der Waals surface area contributed by atoms with Crippen molar-refractivity contribution in [2.45, 2.75) is 44.6 Å². The Bertz CT molecular complexity index is 873. The quantitative estimate of drug-likeness (QED) is 0.770. The zero-order valence-electron chi connectivity index (χ0n) is 17.3. The Morgan fingerprint density at radius 3 is 2.07 bits per heavy atom. The number of urea groups is 1. The summed E-state index contributed by atoms with van der Waals surface area (Å²) in [5.74, 6) is -0.239. The van der Waals surface area contributed by atoms with Gasteiger partial charge < -0.3 is 20.9 Å². The SMILES string of the molecule is NC(=O)C1CCCN1c1ccc(CCc2ccc(NC(=O)N3CCCC3)cc2)cc1. The molecule has 2 aromatic carbocycles. The molecule has 2 aromatic rings. The highest BCUT2D eigenvalue weighted by Gasteiger charge is 2.28. The molecule has 0 radical (unpaired) electrons. The molecule has 0 aliphatic carbocycles. The van der Waals surface area contributed by atoms with Crippen LogP contribution in [0.2, 0.25) is 0 Å². The molecule has 2 saturated heterocycles. The maximum absolute atomic E-state index is 12.2. The average Bonchev–Trinajstić information content (AvgIpc) is 3.46. The van der Waals surface area contributed by atoms with Crippen LogP contribution in [-0.4, -0.2) is 42.5 Å². The summed E-state index contributed by atoms with van der Waals surface area (Å²) >= 11 is 0. The smallest absolute Gasteiger partial charge is 0.321 e. The predicted molar refractivity (Wildman–Crippen MR) is 120 cm³/mol. The van der Waals surface area contributed by atoms with Gasteiger partial charge in [0.1, 0.15) is 6.04 Å². The van der Waals surface area contributed by atoms with Crippen molar-refractivity contribution in [1.29, 1.82) is 0 Å². The van der Waals surface area contributed by atoms with E-state index in [4.69, 9.17) is 5.73 Å². The standard InChI is InChI=1S/C24H30N4O2/c25-23(29)22-4-3-17-28(22)21-13-9-19(10-14-21)6-5-18-7-11-20(12-8-18)26-24(30)27-15-1-2-16-27/h7-14,22H,1-6,15-17H2,(H2,25,29)(H,26,30). The van der Waals surface area contributed by atoms with E-state index in [1.807, 2.05) is 17.0 Å². The Morgan fingerprint density at radius 2 is 1.47 bits per heavy atom. The van der Waals surface area contributed by atoms with E-state index in [2.05, 4.69) is 46.6 Å². The second-order valence-corrected chi connectivity index (χ2v) is 8.24. The second-order valence-electron chi connectivity index (χ2n) is 8.24. The molecule has 6 nitrogen and oxygen atoms in total. The molecular weight excluding hydrogens is 376 g/mol. The number of nitrogens with zero attached hydrogens (tertiary/aromatic N) is 2. The van der Waals surface area contributed by atoms with Crippen molar-refractivity contribution in [3.8, 4) is 0 Å². The molecule has 3 amide bonds. The van der Waals surface area contributed by atoms with Gasteiger partial charge in [-0.25, -0.2) is 4.79 Å². The zero-order valence-corrected chi connectivity index (χ0v) is 17.3. The third-order valence-corrected chi connectivity index (χ3v) is 6.15. The van der Waals surface area contributed by atoms with E-state index in [0.717, 1.165) is 69.5 Å². The molecule has 1 atom stereocenters. The first-order valence-electron chi connectivity index (χ1n) is 10.9. The summed E-state index contributed by atoms with van der Waals surface area (Å²) in [5, 5.41) is 2.98. The lowest BCUT2D eigenvalue weighted by molar-refractivity contribution is -0.119. The number of nitrogens with one attached hydrogen (secondary N) is 1. The van der Waals surface area contributed by atoms with Crippen molar-refractivity contribution < 1.29 is 9.59 Å². The summed E-state index contributed by atoms with van der Waals surface area (Å²) in [6, 6.07) is 16.4. The predicted octanol–water partition coefficient (Wildman–Crippen LogP) is 3.55. The Kier molecular flexibility index (Phi) is 6.21. The molecule has 30 heavy (non-hydrogen) atoms. The highest BCUT2D eigenvalue weighted by Crippen LogP contribution is 2.26. The lowest BCUT2D eigenvalue weighted by Gasteiger charge is -2.24. The van der Waals surface area contributed by atoms with Crippen LogP contribution in [0, 0.1) is 0 Å². The number of hydrogen-bond acceptors (Lipinski definition) is 3. The van der Waals surface area contributed by atoms with Gasteiger partial charge in [-0.15, -0.1) is 0 Å². The Balaban J connectivity index is 1.29. The molecule has 0 saturated carbocycles. The Morgan fingerprint density at radius 1 is 0.867 bits per heavy atom. The van der Waals surface area contributed by atoms with E-state index in [-0.39, 0.29) is 18.0 Å². The number of nitrogens with two attached hydrogens (primary N) is 1. The number of benzene rings is 2.